The minimum Gasteiger partial charge on any atom is -0.390 e. The highest BCUT2D eigenvalue weighted by Crippen LogP contribution is 2.22. The lowest BCUT2D eigenvalue weighted by Gasteiger charge is -2.21. The SMILES string of the molecule is CC1CN(Cc2ccccc2)C(N)C1O. The smallest absolute Gasteiger partial charge is 0.0862 e. The van der Waals surface area contributed by atoms with Crippen molar-refractivity contribution >= 4 is 0 Å². The van der Waals surface area contributed by atoms with E-state index in [1.165, 1.54) is 5.56 Å². The van der Waals surface area contributed by atoms with Gasteiger partial charge in [-0.2, -0.15) is 0 Å². The third kappa shape index (κ3) is 2.20. The third-order valence-corrected chi connectivity index (χ3v) is 3.11. The molecule has 0 radical (unpaired) electrons. The van der Waals surface area contributed by atoms with Crippen LogP contribution < -0.4 is 5.73 Å². The molecule has 1 aromatic rings. The topological polar surface area (TPSA) is 49.5 Å². The van der Waals surface area contributed by atoms with Gasteiger partial charge in [0.1, 0.15) is 0 Å². The molecule has 1 aliphatic heterocycles. The van der Waals surface area contributed by atoms with Gasteiger partial charge in [-0.05, 0) is 11.5 Å². The van der Waals surface area contributed by atoms with Crippen molar-refractivity contribution in [1.29, 1.82) is 0 Å². The fraction of sp³-hybridized carbons (Fsp3) is 0.500. The molecule has 0 aromatic heterocycles. The van der Waals surface area contributed by atoms with Crippen molar-refractivity contribution in [1.82, 2.24) is 4.90 Å². The Kier molecular flexibility index (Phi) is 3.05. The standard InChI is InChI=1S/C12H18N2O/c1-9-7-14(12(13)11(9)15)8-10-5-3-2-4-6-10/h2-6,9,11-12,15H,7-8,13H2,1H3. The molecule has 1 saturated heterocycles. The van der Waals surface area contributed by atoms with Crippen LogP contribution in [0, 0.1) is 5.92 Å². The van der Waals surface area contributed by atoms with Crippen molar-refractivity contribution in [2.24, 2.45) is 11.7 Å². The highest BCUT2D eigenvalue weighted by Gasteiger charge is 2.35. The van der Waals surface area contributed by atoms with Crippen LogP contribution in [0.2, 0.25) is 0 Å². The minimum atomic E-state index is -0.395. The van der Waals surface area contributed by atoms with Gasteiger partial charge in [-0.15, -0.1) is 0 Å². The van der Waals surface area contributed by atoms with Crippen molar-refractivity contribution in [2.75, 3.05) is 6.54 Å². The van der Waals surface area contributed by atoms with E-state index in [0.717, 1.165) is 13.1 Å². The van der Waals surface area contributed by atoms with Gasteiger partial charge >= 0.3 is 0 Å². The summed E-state index contributed by atoms with van der Waals surface area (Å²) in [6, 6.07) is 10.2. The molecule has 3 heteroatoms. The Morgan fingerprint density at radius 1 is 1.40 bits per heavy atom. The van der Waals surface area contributed by atoms with Gasteiger partial charge < -0.3 is 10.8 Å². The molecule has 3 nitrogen and oxygen atoms in total. The monoisotopic (exact) mass is 206 g/mol. The van der Waals surface area contributed by atoms with E-state index >= 15 is 0 Å². The van der Waals surface area contributed by atoms with Crippen molar-refractivity contribution < 1.29 is 5.11 Å². The van der Waals surface area contributed by atoms with Crippen LogP contribution in [0.1, 0.15) is 12.5 Å². The van der Waals surface area contributed by atoms with E-state index in [2.05, 4.69) is 17.0 Å². The normalized spacial score (nSPS) is 32.1. The van der Waals surface area contributed by atoms with Crippen molar-refractivity contribution in [3.05, 3.63) is 35.9 Å². The van der Waals surface area contributed by atoms with E-state index in [0.29, 0.717) is 0 Å². The fourth-order valence-corrected chi connectivity index (χ4v) is 2.14. The molecule has 1 aromatic carbocycles. The second-order valence-electron chi connectivity index (χ2n) is 4.37. The summed E-state index contributed by atoms with van der Waals surface area (Å²) in [6.45, 7) is 3.73. The van der Waals surface area contributed by atoms with Crippen molar-refractivity contribution in [3.8, 4) is 0 Å². The van der Waals surface area contributed by atoms with Gasteiger partial charge in [0.05, 0.1) is 12.3 Å². The summed E-state index contributed by atoms with van der Waals surface area (Å²) in [5, 5.41) is 9.75. The Bertz CT molecular complexity index is 315. The first-order valence-corrected chi connectivity index (χ1v) is 5.40. The molecule has 0 aliphatic carbocycles. The van der Waals surface area contributed by atoms with Crippen LogP contribution in [0.25, 0.3) is 0 Å². The second kappa shape index (κ2) is 4.31. The van der Waals surface area contributed by atoms with E-state index in [1.54, 1.807) is 0 Å². The molecule has 1 heterocycles. The highest BCUT2D eigenvalue weighted by atomic mass is 16.3. The first-order chi connectivity index (χ1) is 7.18. The Morgan fingerprint density at radius 2 is 2.07 bits per heavy atom. The van der Waals surface area contributed by atoms with Crippen molar-refractivity contribution in [3.63, 3.8) is 0 Å². The average molecular weight is 206 g/mol. The molecule has 3 unspecified atom stereocenters. The van der Waals surface area contributed by atoms with Crippen LogP contribution in [0.5, 0.6) is 0 Å². The zero-order valence-electron chi connectivity index (χ0n) is 9.00. The van der Waals surface area contributed by atoms with Crippen LogP contribution in [-0.4, -0.2) is 28.8 Å². The molecule has 15 heavy (non-hydrogen) atoms. The molecule has 0 amide bonds. The summed E-state index contributed by atoms with van der Waals surface area (Å²) >= 11 is 0. The molecule has 3 atom stereocenters. The van der Waals surface area contributed by atoms with Gasteiger partial charge in [0.25, 0.3) is 0 Å². The summed E-state index contributed by atoms with van der Waals surface area (Å²) in [6.07, 6.45) is -0.617. The first-order valence-electron chi connectivity index (χ1n) is 5.40. The van der Waals surface area contributed by atoms with E-state index in [9.17, 15) is 5.11 Å². The summed E-state index contributed by atoms with van der Waals surface area (Å²) in [4.78, 5) is 2.13. The lowest BCUT2D eigenvalue weighted by atomic mass is 10.1. The summed E-state index contributed by atoms with van der Waals surface area (Å²) in [5.74, 6) is 0.267. The van der Waals surface area contributed by atoms with E-state index < -0.39 is 6.10 Å². The van der Waals surface area contributed by atoms with Crippen LogP contribution in [0.4, 0.5) is 0 Å². The second-order valence-corrected chi connectivity index (χ2v) is 4.37. The largest absolute Gasteiger partial charge is 0.390 e. The number of nitrogens with zero attached hydrogens (tertiary/aromatic N) is 1. The Morgan fingerprint density at radius 3 is 2.60 bits per heavy atom. The molecule has 82 valence electrons. The zero-order valence-corrected chi connectivity index (χ0v) is 9.00. The quantitative estimate of drug-likeness (QED) is 0.752. The van der Waals surface area contributed by atoms with Crippen LogP contribution in [-0.2, 0) is 6.54 Å². The number of likely N-dealkylation sites (tertiary alicyclic amines) is 1. The van der Waals surface area contributed by atoms with E-state index in [4.69, 9.17) is 5.73 Å². The Hall–Kier alpha value is -0.900. The molecule has 0 saturated carbocycles. The lowest BCUT2D eigenvalue weighted by Crippen LogP contribution is -2.42. The maximum atomic E-state index is 9.75. The molecule has 3 N–H and O–H groups in total. The number of rotatable bonds is 2. The van der Waals surface area contributed by atoms with Gasteiger partial charge in [-0.3, -0.25) is 4.90 Å². The molecule has 0 bridgehead atoms. The van der Waals surface area contributed by atoms with Crippen molar-refractivity contribution in [2.45, 2.75) is 25.7 Å². The number of aliphatic hydroxyl groups is 1. The van der Waals surface area contributed by atoms with Gasteiger partial charge in [-0.25, -0.2) is 0 Å². The van der Waals surface area contributed by atoms with Gasteiger partial charge in [-0.1, -0.05) is 37.3 Å². The number of hydrogen-bond donors (Lipinski definition) is 2. The Labute approximate surface area is 90.5 Å². The number of benzene rings is 1. The maximum Gasteiger partial charge on any atom is 0.0862 e. The number of nitrogens with two attached hydrogens (primary N) is 1. The summed E-state index contributed by atoms with van der Waals surface area (Å²) in [7, 11) is 0. The highest BCUT2D eigenvalue weighted by molar-refractivity contribution is 5.15. The molecule has 0 spiro atoms. The predicted molar refractivity (Wildman–Crippen MR) is 60.0 cm³/mol. The number of hydrogen-bond acceptors (Lipinski definition) is 3. The summed E-state index contributed by atoms with van der Waals surface area (Å²) < 4.78 is 0. The van der Waals surface area contributed by atoms with Gasteiger partial charge in [0.2, 0.25) is 0 Å². The van der Waals surface area contributed by atoms with E-state index in [-0.39, 0.29) is 12.1 Å². The number of aliphatic hydroxyl groups excluding tert-OH is 1. The van der Waals surface area contributed by atoms with Gasteiger partial charge in [0, 0.05) is 13.1 Å². The molecule has 1 fully saturated rings. The lowest BCUT2D eigenvalue weighted by molar-refractivity contribution is 0.0993. The zero-order chi connectivity index (χ0) is 10.8. The molecule has 2 rings (SSSR count). The van der Waals surface area contributed by atoms with Crippen LogP contribution in [0.15, 0.2) is 30.3 Å². The summed E-state index contributed by atoms with van der Waals surface area (Å²) in [5.41, 5.74) is 7.18. The molecular weight excluding hydrogens is 188 g/mol. The minimum absolute atomic E-state index is 0.222. The fourth-order valence-electron chi connectivity index (χ4n) is 2.14. The Balaban J connectivity index is 2.02. The van der Waals surface area contributed by atoms with Gasteiger partial charge in [0.15, 0.2) is 0 Å². The third-order valence-electron chi connectivity index (χ3n) is 3.11. The molecular formula is C12H18N2O. The average Bonchev–Trinajstić information content (AvgIpc) is 2.48. The van der Waals surface area contributed by atoms with Crippen LogP contribution in [0.3, 0.4) is 0 Å². The maximum absolute atomic E-state index is 9.75. The van der Waals surface area contributed by atoms with E-state index in [1.807, 2.05) is 25.1 Å². The first kappa shape index (κ1) is 10.6. The molecule has 1 aliphatic rings. The predicted octanol–water partition coefficient (Wildman–Crippen LogP) is 0.784. The van der Waals surface area contributed by atoms with Crippen LogP contribution >= 0.6 is 0 Å².